The highest BCUT2D eigenvalue weighted by Crippen LogP contribution is 2.23. The molecule has 1 aliphatic rings. The molecule has 2 unspecified atom stereocenters. The molecule has 1 aromatic rings. The van der Waals surface area contributed by atoms with Crippen LogP contribution in [0.1, 0.15) is 38.7 Å². The van der Waals surface area contributed by atoms with Crippen LogP contribution < -0.4 is 10.6 Å². The van der Waals surface area contributed by atoms with E-state index in [0.29, 0.717) is 6.42 Å². The lowest BCUT2D eigenvalue weighted by Gasteiger charge is -2.28. The van der Waals surface area contributed by atoms with E-state index in [2.05, 4.69) is 5.32 Å². The van der Waals surface area contributed by atoms with Crippen molar-refractivity contribution in [1.82, 2.24) is 15.5 Å². The van der Waals surface area contributed by atoms with Gasteiger partial charge >= 0.3 is 12.0 Å². The van der Waals surface area contributed by atoms with Gasteiger partial charge in [0.25, 0.3) is 5.91 Å². The lowest BCUT2D eigenvalue weighted by Crippen LogP contribution is -2.58. The second-order valence-corrected chi connectivity index (χ2v) is 8.39. The number of nitrogens with zero attached hydrogens (tertiary/aromatic N) is 1. The molecule has 3 N–H and O–H groups in total. The molecule has 0 aliphatic carbocycles. The lowest BCUT2D eigenvalue weighted by atomic mass is 9.94. The van der Waals surface area contributed by atoms with Crippen LogP contribution in [-0.2, 0) is 25.7 Å². The number of rotatable bonds is 11. The summed E-state index contributed by atoms with van der Waals surface area (Å²) in [5, 5.41) is 12.9. The fraction of sp³-hybridized carbons (Fsp3) is 0.565. The summed E-state index contributed by atoms with van der Waals surface area (Å²) in [5.74, 6) is -9.42. The number of carbonyl (C=O) groups is 4. The monoisotopic (exact) mass is 483 g/mol. The third kappa shape index (κ3) is 6.96. The molecule has 1 heterocycles. The van der Waals surface area contributed by atoms with Crippen molar-refractivity contribution < 1.29 is 37.8 Å². The van der Waals surface area contributed by atoms with Crippen molar-refractivity contribution in [1.29, 1.82) is 0 Å². The number of aliphatic hydroxyl groups is 1. The van der Waals surface area contributed by atoms with Crippen LogP contribution in [0.3, 0.4) is 0 Å². The first kappa shape index (κ1) is 27.2. The number of amides is 3. The molecule has 188 valence electrons. The van der Waals surface area contributed by atoms with Crippen molar-refractivity contribution in [3.05, 3.63) is 35.9 Å². The molecule has 1 aromatic carbocycles. The summed E-state index contributed by atoms with van der Waals surface area (Å²) < 4.78 is 34.2. The van der Waals surface area contributed by atoms with Crippen molar-refractivity contribution in [2.75, 3.05) is 19.7 Å². The van der Waals surface area contributed by atoms with Gasteiger partial charge in [0.2, 0.25) is 11.7 Å². The maximum absolute atomic E-state index is 14.5. The van der Waals surface area contributed by atoms with E-state index in [-0.39, 0.29) is 39.1 Å². The first-order valence-corrected chi connectivity index (χ1v) is 11.2. The van der Waals surface area contributed by atoms with Crippen molar-refractivity contribution in [3.63, 3.8) is 0 Å². The largest absolute Gasteiger partial charge is 0.445 e. The maximum atomic E-state index is 14.5. The number of ketones is 1. The average Bonchev–Trinajstić information content (AvgIpc) is 3.31. The molecule has 0 saturated carbocycles. The van der Waals surface area contributed by atoms with Gasteiger partial charge in [-0.25, -0.2) is 4.79 Å². The highest BCUT2D eigenvalue weighted by molar-refractivity contribution is 6.10. The summed E-state index contributed by atoms with van der Waals surface area (Å²) in [4.78, 5) is 51.0. The molecule has 1 aliphatic heterocycles. The fourth-order valence-corrected chi connectivity index (χ4v) is 3.54. The number of hydrogen-bond donors (Lipinski definition) is 3. The van der Waals surface area contributed by atoms with Crippen LogP contribution in [0.25, 0.3) is 0 Å². The second-order valence-electron chi connectivity index (χ2n) is 8.39. The molecule has 2 atom stereocenters. The van der Waals surface area contributed by atoms with Gasteiger partial charge in [0.05, 0.1) is 6.04 Å². The van der Waals surface area contributed by atoms with Gasteiger partial charge in [-0.1, -0.05) is 44.2 Å². The van der Waals surface area contributed by atoms with Gasteiger partial charge in [0.1, 0.15) is 12.6 Å². The SMILES string of the molecule is CC(C)C(NC(=O)C1CCCN1C(=O)OCc1ccccc1)C(=O)C(F)(F)C(=O)NCCCO. The van der Waals surface area contributed by atoms with Crippen LogP contribution in [0.5, 0.6) is 0 Å². The Bertz CT molecular complexity index is 866. The van der Waals surface area contributed by atoms with Crippen molar-refractivity contribution in [2.45, 2.75) is 57.7 Å². The summed E-state index contributed by atoms with van der Waals surface area (Å²) in [6.07, 6.45) is 0.117. The van der Waals surface area contributed by atoms with Gasteiger partial charge in [-0.05, 0) is 30.7 Å². The van der Waals surface area contributed by atoms with E-state index in [1.807, 2.05) is 11.4 Å². The third-order valence-electron chi connectivity index (χ3n) is 5.46. The van der Waals surface area contributed by atoms with E-state index >= 15 is 0 Å². The van der Waals surface area contributed by atoms with Crippen molar-refractivity contribution in [2.24, 2.45) is 5.92 Å². The number of carbonyl (C=O) groups excluding carboxylic acids is 4. The molecular weight excluding hydrogens is 452 g/mol. The Balaban J connectivity index is 2.03. The molecule has 11 heteroatoms. The molecule has 0 spiro atoms. The van der Waals surface area contributed by atoms with Gasteiger partial charge in [0.15, 0.2) is 0 Å². The fourth-order valence-electron chi connectivity index (χ4n) is 3.54. The highest BCUT2D eigenvalue weighted by atomic mass is 19.3. The van der Waals surface area contributed by atoms with Crippen LogP contribution in [0.4, 0.5) is 13.6 Å². The molecule has 0 radical (unpaired) electrons. The lowest BCUT2D eigenvalue weighted by molar-refractivity contribution is -0.161. The van der Waals surface area contributed by atoms with Crippen LogP contribution in [-0.4, -0.2) is 71.4 Å². The van der Waals surface area contributed by atoms with E-state index in [0.717, 1.165) is 5.56 Å². The number of aliphatic hydroxyl groups excluding tert-OH is 1. The average molecular weight is 484 g/mol. The Morgan fingerprint density at radius 1 is 1.21 bits per heavy atom. The van der Waals surface area contributed by atoms with Gasteiger partial charge in [-0.2, -0.15) is 8.78 Å². The number of Topliss-reactive ketones (excluding diaryl/α,β-unsaturated/α-hetero) is 1. The van der Waals surface area contributed by atoms with Crippen LogP contribution in [0.15, 0.2) is 30.3 Å². The smallest absolute Gasteiger partial charge is 0.410 e. The minimum atomic E-state index is -4.37. The Morgan fingerprint density at radius 2 is 1.88 bits per heavy atom. The van der Waals surface area contributed by atoms with Gasteiger partial charge < -0.3 is 20.5 Å². The normalized spacial score (nSPS) is 16.8. The van der Waals surface area contributed by atoms with Crippen LogP contribution >= 0.6 is 0 Å². The predicted molar refractivity (Wildman–Crippen MR) is 118 cm³/mol. The standard InChI is InChI=1S/C23H31F2N3O6/c1-15(2)18(19(30)23(24,25)21(32)26-11-7-13-29)27-20(31)17-10-6-12-28(17)22(33)34-14-16-8-4-3-5-9-16/h3-5,8-9,15,17-18,29H,6-7,10-14H2,1-2H3,(H,26,32)(H,27,31). The molecule has 0 bridgehead atoms. The molecule has 0 aromatic heterocycles. The van der Waals surface area contributed by atoms with Crippen molar-refractivity contribution in [3.8, 4) is 0 Å². The van der Waals surface area contributed by atoms with Crippen LogP contribution in [0.2, 0.25) is 0 Å². The maximum Gasteiger partial charge on any atom is 0.410 e. The zero-order valence-electron chi connectivity index (χ0n) is 19.3. The number of nitrogens with one attached hydrogen (secondary N) is 2. The third-order valence-corrected chi connectivity index (χ3v) is 5.46. The number of alkyl halides is 2. The van der Waals surface area contributed by atoms with E-state index in [1.54, 1.807) is 24.3 Å². The minimum Gasteiger partial charge on any atom is -0.445 e. The molecule has 34 heavy (non-hydrogen) atoms. The first-order valence-electron chi connectivity index (χ1n) is 11.2. The molecule has 9 nitrogen and oxygen atoms in total. The zero-order chi connectivity index (χ0) is 25.3. The number of halogens is 2. The summed E-state index contributed by atoms with van der Waals surface area (Å²) in [6.45, 7) is 2.64. The number of benzene rings is 1. The Morgan fingerprint density at radius 3 is 2.50 bits per heavy atom. The molecule has 1 fully saturated rings. The summed E-state index contributed by atoms with van der Waals surface area (Å²) in [5.41, 5.74) is 0.765. The number of hydrogen-bond acceptors (Lipinski definition) is 6. The van der Waals surface area contributed by atoms with E-state index < -0.39 is 47.6 Å². The van der Waals surface area contributed by atoms with Gasteiger partial charge in [-0.15, -0.1) is 0 Å². The zero-order valence-corrected chi connectivity index (χ0v) is 19.3. The predicted octanol–water partition coefficient (Wildman–Crippen LogP) is 1.63. The highest BCUT2D eigenvalue weighted by Gasteiger charge is 2.51. The van der Waals surface area contributed by atoms with Crippen molar-refractivity contribution >= 4 is 23.7 Å². The van der Waals surface area contributed by atoms with E-state index in [4.69, 9.17) is 9.84 Å². The molecule has 3 amide bonds. The Kier molecular flexibility index (Phi) is 9.91. The topological polar surface area (TPSA) is 125 Å². The van der Waals surface area contributed by atoms with E-state index in [9.17, 15) is 28.0 Å². The summed E-state index contributed by atoms with van der Waals surface area (Å²) in [6, 6.07) is 6.34. The number of ether oxygens (including phenoxy) is 1. The molecule has 2 rings (SSSR count). The molecular formula is C23H31F2N3O6. The Labute approximate surface area is 196 Å². The Hall–Kier alpha value is -3.08. The second kappa shape index (κ2) is 12.4. The minimum absolute atomic E-state index is 0.00916. The van der Waals surface area contributed by atoms with E-state index in [1.165, 1.54) is 18.7 Å². The summed E-state index contributed by atoms with van der Waals surface area (Å²) >= 11 is 0. The van der Waals surface area contributed by atoms with Crippen LogP contribution in [0, 0.1) is 5.92 Å². The first-order chi connectivity index (χ1) is 16.1. The van der Waals surface area contributed by atoms with Gasteiger partial charge in [-0.3, -0.25) is 19.3 Å². The summed E-state index contributed by atoms with van der Waals surface area (Å²) in [7, 11) is 0. The van der Waals surface area contributed by atoms with Gasteiger partial charge in [0, 0.05) is 19.7 Å². The quantitative estimate of drug-likeness (QED) is 0.325. The number of likely N-dealkylation sites (tertiary alicyclic amines) is 1. The molecule has 1 saturated heterocycles.